The number of aliphatic hydroxyl groups excluding tert-OH is 2. The van der Waals surface area contributed by atoms with E-state index in [1.165, 1.54) is 0 Å². The van der Waals surface area contributed by atoms with Gasteiger partial charge in [0.05, 0.1) is 6.04 Å². The molecule has 1 heterocycles. The molecule has 0 spiro atoms. The normalized spacial score (nSPS) is 28.9. The fraction of sp³-hybridized carbons (Fsp3) is 0.462. The highest BCUT2D eigenvalue weighted by Crippen LogP contribution is 2.53. The van der Waals surface area contributed by atoms with Crippen molar-refractivity contribution in [2.75, 3.05) is 38.4 Å². The fourth-order valence-electron chi connectivity index (χ4n) is 6.61. The molecule has 5 rings (SSSR count). The molecule has 0 saturated carbocycles. The number of nitrogens with one attached hydrogen (secondary N) is 1. The molecule has 6 N–H and O–H groups in total. The second kappa shape index (κ2) is 8.15. The average molecular weight is 511 g/mol. The smallest absolute Gasteiger partial charge is 0.255 e. The molecule has 0 aromatic heterocycles. The number of Topliss-reactive ketones (excluding diaryl/α,β-unsaturated/α-hetero) is 2. The zero-order chi connectivity index (χ0) is 27.1. The van der Waals surface area contributed by atoms with E-state index in [0.29, 0.717) is 29.7 Å². The second-order valence-corrected chi connectivity index (χ2v) is 10.7. The van der Waals surface area contributed by atoms with Crippen LogP contribution >= 0.6 is 0 Å². The quantitative estimate of drug-likeness (QED) is 0.360. The van der Waals surface area contributed by atoms with Crippen LogP contribution in [0.3, 0.4) is 0 Å². The molecule has 11 heteroatoms. The van der Waals surface area contributed by atoms with Gasteiger partial charge in [-0.05, 0) is 56.5 Å². The van der Waals surface area contributed by atoms with Crippen LogP contribution in [-0.2, 0) is 27.2 Å². The molecule has 4 aliphatic rings. The number of nitrogens with zero attached hydrogens (tertiary/aromatic N) is 2. The van der Waals surface area contributed by atoms with Crippen molar-refractivity contribution in [3.63, 3.8) is 0 Å². The zero-order valence-corrected chi connectivity index (χ0v) is 21.1. The van der Waals surface area contributed by atoms with Crippen LogP contribution in [0, 0.1) is 11.8 Å². The maximum absolute atomic E-state index is 14.1. The van der Waals surface area contributed by atoms with Crippen molar-refractivity contribution in [3.8, 4) is 0 Å². The summed E-state index contributed by atoms with van der Waals surface area (Å²) in [4.78, 5) is 55.1. The number of ketones is 2. The van der Waals surface area contributed by atoms with Crippen molar-refractivity contribution in [2.24, 2.45) is 17.6 Å². The first-order valence-electron chi connectivity index (χ1n) is 12.1. The van der Waals surface area contributed by atoms with Gasteiger partial charge in [-0.15, -0.1) is 0 Å². The minimum Gasteiger partial charge on any atom is -0.510 e. The van der Waals surface area contributed by atoms with E-state index in [9.17, 15) is 34.5 Å². The molecule has 0 bridgehead atoms. The average Bonchev–Trinajstić information content (AvgIpc) is 2.80. The molecule has 0 saturated heterocycles. The topological polar surface area (TPSA) is 174 Å². The van der Waals surface area contributed by atoms with Crippen molar-refractivity contribution in [1.82, 2.24) is 4.90 Å². The monoisotopic (exact) mass is 510 g/mol. The first-order chi connectivity index (χ1) is 17.3. The van der Waals surface area contributed by atoms with E-state index in [-0.39, 0.29) is 24.3 Å². The number of primary amides is 1. The Kier molecular flexibility index (Phi) is 5.50. The van der Waals surface area contributed by atoms with Crippen LogP contribution in [0.1, 0.15) is 34.3 Å². The molecule has 0 fully saturated rings. The number of fused-ring (bicyclic) bond motifs is 5. The Bertz CT molecular complexity index is 1360. The summed E-state index contributed by atoms with van der Waals surface area (Å²) in [7, 11) is 6.88. The van der Waals surface area contributed by atoms with E-state index in [1.54, 1.807) is 19.0 Å². The van der Waals surface area contributed by atoms with E-state index in [1.807, 2.05) is 25.1 Å². The SMILES string of the molecule is CN(C)c1cc2c(c3c1CC1C[C@H]4[C@H](N(C)C)C(O)=C(C(N)=O)C(=O)[C@@]4(O)C(O)=C1C3=O)CCC(=O)N2. The number of benzene rings is 1. The van der Waals surface area contributed by atoms with Crippen molar-refractivity contribution >= 4 is 34.8 Å². The molecular formula is C26H30N4O7. The third-order valence-electron chi connectivity index (χ3n) is 8.19. The van der Waals surface area contributed by atoms with Crippen molar-refractivity contribution in [3.05, 3.63) is 45.4 Å². The van der Waals surface area contributed by atoms with Gasteiger partial charge in [0, 0.05) is 48.9 Å². The number of nitrogens with two attached hydrogens (primary N) is 1. The van der Waals surface area contributed by atoms with Gasteiger partial charge in [0.25, 0.3) is 5.91 Å². The van der Waals surface area contributed by atoms with Crippen LogP contribution in [0.25, 0.3) is 0 Å². The lowest BCUT2D eigenvalue weighted by molar-refractivity contribution is -0.148. The fourth-order valence-corrected chi connectivity index (χ4v) is 6.61. The van der Waals surface area contributed by atoms with Crippen molar-refractivity contribution in [1.29, 1.82) is 0 Å². The number of carbonyl (C=O) groups excluding carboxylic acids is 4. The molecule has 196 valence electrons. The highest BCUT2D eigenvalue weighted by molar-refractivity contribution is 6.25. The number of rotatable bonds is 3. The number of anilines is 2. The molecule has 37 heavy (non-hydrogen) atoms. The molecular weight excluding hydrogens is 480 g/mol. The van der Waals surface area contributed by atoms with E-state index in [2.05, 4.69) is 5.32 Å². The van der Waals surface area contributed by atoms with Gasteiger partial charge in [0.1, 0.15) is 17.1 Å². The van der Waals surface area contributed by atoms with Crippen molar-refractivity contribution in [2.45, 2.75) is 37.3 Å². The van der Waals surface area contributed by atoms with Crippen LogP contribution in [0.2, 0.25) is 0 Å². The Labute approximate surface area is 213 Å². The zero-order valence-electron chi connectivity index (χ0n) is 21.1. The summed E-state index contributed by atoms with van der Waals surface area (Å²) in [6.07, 6.45) is 0.956. The van der Waals surface area contributed by atoms with Gasteiger partial charge in [-0.2, -0.15) is 0 Å². The Morgan fingerprint density at radius 3 is 2.38 bits per heavy atom. The van der Waals surface area contributed by atoms with Crippen LogP contribution in [0.5, 0.6) is 0 Å². The van der Waals surface area contributed by atoms with Gasteiger partial charge in [0.2, 0.25) is 11.7 Å². The molecule has 1 aromatic rings. The van der Waals surface area contributed by atoms with E-state index >= 15 is 0 Å². The molecule has 1 aromatic carbocycles. The van der Waals surface area contributed by atoms with Crippen LogP contribution < -0.4 is 16.0 Å². The number of likely N-dealkylation sites (N-methyl/N-ethyl adjacent to an activating group) is 1. The standard InChI is InChI=1S/C26H30N4O7/c1-29(2)15-9-14-11(5-6-16(31)28-14)18-12(15)7-10-8-13-20(30(3)4)22(33)19(25(27)36)24(35)26(13,37)23(34)17(10)21(18)32/h9-10,13,20,33-34,37H,5-8H2,1-4H3,(H2,27,36)(H,28,31)/t10?,13-,20-,26-/m0/s1. The lowest BCUT2D eigenvalue weighted by Crippen LogP contribution is -2.63. The number of allylic oxidation sites excluding steroid dienone is 1. The van der Waals surface area contributed by atoms with Crippen molar-refractivity contribution < 1.29 is 34.5 Å². The third-order valence-corrected chi connectivity index (χ3v) is 8.19. The van der Waals surface area contributed by atoms with E-state index in [0.717, 1.165) is 11.3 Å². The number of carbonyl (C=O) groups is 4. The summed E-state index contributed by atoms with van der Waals surface area (Å²) >= 11 is 0. The summed E-state index contributed by atoms with van der Waals surface area (Å²) in [5.74, 6) is -6.12. The highest BCUT2D eigenvalue weighted by atomic mass is 16.3. The Hall–Kier alpha value is -3.70. The number of hydrogen-bond acceptors (Lipinski definition) is 9. The minimum atomic E-state index is -2.61. The number of hydrogen-bond donors (Lipinski definition) is 5. The van der Waals surface area contributed by atoms with E-state index in [4.69, 9.17) is 5.73 Å². The maximum atomic E-state index is 14.1. The molecule has 11 nitrogen and oxygen atoms in total. The first kappa shape index (κ1) is 25.0. The summed E-state index contributed by atoms with van der Waals surface area (Å²) in [5.41, 5.74) is 4.91. The predicted octanol–water partition coefficient (Wildman–Crippen LogP) is 0.366. The number of aliphatic hydroxyl groups is 3. The Morgan fingerprint density at radius 1 is 1.11 bits per heavy atom. The predicted molar refractivity (Wildman–Crippen MR) is 133 cm³/mol. The van der Waals surface area contributed by atoms with Crippen LogP contribution in [0.15, 0.2) is 28.7 Å². The minimum absolute atomic E-state index is 0.0858. The summed E-state index contributed by atoms with van der Waals surface area (Å²) in [6, 6.07) is 0.838. The second-order valence-electron chi connectivity index (χ2n) is 10.7. The van der Waals surface area contributed by atoms with Gasteiger partial charge < -0.3 is 31.3 Å². The van der Waals surface area contributed by atoms with Crippen LogP contribution in [-0.4, -0.2) is 83.4 Å². The summed E-state index contributed by atoms with van der Waals surface area (Å²) < 4.78 is 0. The Morgan fingerprint density at radius 2 is 1.78 bits per heavy atom. The molecule has 0 radical (unpaired) electrons. The molecule has 2 amide bonds. The van der Waals surface area contributed by atoms with E-state index < -0.39 is 58.0 Å². The maximum Gasteiger partial charge on any atom is 0.255 e. The largest absolute Gasteiger partial charge is 0.510 e. The van der Waals surface area contributed by atoms with Gasteiger partial charge in [-0.25, -0.2) is 0 Å². The number of amides is 2. The van der Waals surface area contributed by atoms with Gasteiger partial charge in [-0.3, -0.25) is 24.1 Å². The van der Waals surface area contributed by atoms with Gasteiger partial charge in [0.15, 0.2) is 11.4 Å². The summed E-state index contributed by atoms with van der Waals surface area (Å²) in [6.45, 7) is 0. The molecule has 1 aliphatic heterocycles. The van der Waals surface area contributed by atoms with Gasteiger partial charge >= 0.3 is 0 Å². The first-order valence-corrected chi connectivity index (χ1v) is 12.1. The third kappa shape index (κ3) is 3.27. The molecule has 3 aliphatic carbocycles. The molecule has 4 atom stereocenters. The lowest BCUT2D eigenvalue weighted by Gasteiger charge is -2.50. The Balaban J connectivity index is 1.75. The summed E-state index contributed by atoms with van der Waals surface area (Å²) in [5, 5.41) is 36.9. The van der Waals surface area contributed by atoms with Crippen LogP contribution in [0.4, 0.5) is 11.4 Å². The highest BCUT2D eigenvalue weighted by Gasteiger charge is 2.63. The van der Waals surface area contributed by atoms with Gasteiger partial charge in [-0.1, -0.05) is 0 Å². The lowest BCUT2D eigenvalue weighted by atomic mass is 9.58. The molecule has 1 unspecified atom stereocenters.